The standard InChI is InChI=1S/C16H21N3O5S2/c1-6-23-13(21)10-11(26-12(18-10)8(2)20)9-7-25-14(17-9)19-15(22)24-16(3,4)5/h7-8,20H,6H2,1-5H3,(H,17,19,22). The van der Waals surface area contributed by atoms with Crippen molar-refractivity contribution in [3.8, 4) is 10.6 Å². The van der Waals surface area contributed by atoms with Crippen LogP contribution in [0.4, 0.5) is 9.93 Å². The zero-order valence-corrected chi connectivity index (χ0v) is 16.8. The molecule has 0 saturated carbocycles. The minimum Gasteiger partial charge on any atom is -0.461 e. The lowest BCUT2D eigenvalue weighted by Gasteiger charge is -2.18. The highest BCUT2D eigenvalue weighted by atomic mass is 32.1. The summed E-state index contributed by atoms with van der Waals surface area (Å²) in [6.07, 6.45) is -1.43. The summed E-state index contributed by atoms with van der Waals surface area (Å²) in [5.74, 6) is -0.583. The number of ether oxygens (including phenoxy) is 2. The molecular formula is C16H21N3O5S2. The normalized spacial score (nSPS) is 12.5. The number of aliphatic hydroxyl groups excluding tert-OH is 1. The molecule has 2 rings (SSSR count). The number of amides is 1. The summed E-state index contributed by atoms with van der Waals surface area (Å²) in [5, 5.41) is 14.7. The van der Waals surface area contributed by atoms with Gasteiger partial charge in [-0.25, -0.2) is 19.6 Å². The predicted octanol–water partition coefficient (Wildman–Crippen LogP) is 3.84. The van der Waals surface area contributed by atoms with Crippen LogP contribution in [0.25, 0.3) is 10.6 Å². The Labute approximate surface area is 159 Å². The predicted molar refractivity (Wildman–Crippen MR) is 99.7 cm³/mol. The Bertz CT molecular complexity index is 792. The molecule has 0 radical (unpaired) electrons. The summed E-state index contributed by atoms with van der Waals surface area (Å²) in [4.78, 5) is 32.9. The lowest BCUT2D eigenvalue weighted by atomic mass is 10.2. The van der Waals surface area contributed by atoms with Crippen molar-refractivity contribution in [3.63, 3.8) is 0 Å². The fourth-order valence-corrected chi connectivity index (χ4v) is 3.57. The first kappa shape index (κ1) is 20.3. The maximum Gasteiger partial charge on any atom is 0.413 e. The van der Waals surface area contributed by atoms with E-state index in [9.17, 15) is 14.7 Å². The van der Waals surface area contributed by atoms with E-state index in [0.717, 1.165) is 11.3 Å². The molecule has 0 spiro atoms. The van der Waals surface area contributed by atoms with Gasteiger partial charge in [-0.2, -0.15) is 0 Å². The number of thiazole rings is 2. The summed E-state index contributed by atoms with van der Waals surface area (Å²) in [6.45, 7) is 8.77. The third kappa shape index (κ3) is 5.23. The van der Waals surface area contributed by atoms with Crippen molar-refractivity contribution in [2.24, 2.45) is 0 Å². The number of carbonyl (C=O) groups is 2. The van der Waals surface area contributed by atoms with Crippen LogP contribution in [0.15, 0.2) is 5.38 Å². The molecule has 1 atom stereocenters. The second kappa shape index (κ2) is 8.11. The molecule has 0 aliphatic carbocycles. The third-order valence-corrected chi connectivity index (χ3v) is 4.82. The number of anilines is 1. The first-order valence-electron chi connectivity index (χ1n) is 7.92. The van der Waals surface area contributed by atoms with Crippen LogP contribution in [0, 0.1) is 0 Å². The summed E-state index contributed by atoms with van der Waals surface area (Å²) >= 11 is 2.35. The molecule has 0 aliphatic rings. The Morgan fingerprint density at radius 2 is 2.04 bits per heavy atom. The highest BCUT2D eigenvalue weighted by Gasteiger charge is 2.24. The first-order chi connectivity index (χ1) is 12.1. The molecule has 2 N–H and O–H groups in total. The molecule has 2 aromatic rings. The fourth-order valence-electron chi connectivity index (χ4n) is 1.85. The smallest absolute Gasteiger partial charge is 0.413 e. The van der Waals surface area contributed by atoms with E-state index in [1.54, 1.807) is 40.0 Å². The SMILES string of the molecule is CCOC(=O)c1nc(C(C)O)sc1-c1csc(NC(=O)OC(C)(C)C)n1. The van der Waals surface area contributed by atoms with Crippen LogP contribution in [-0.4, -0.2) is 39.3 Å². The van der Waals surface area contributed by atoms with Crippen molar-refractivity contribution >= 4 is 39.9 Å². The van der Waals surface area contributed by atoms with Gasteiger partial charge >= 0.3 is 12.1 Å². The van der Waals surface area contributed by atoms with E-state index in [2.05, 4.69) is 15.3 Å². The highest BCUT2D eigenvalue weighted by Crippen LogP contribution is 2.35. The third-order valence-electron chi connectivity index (χ3n) is 2.81. The monoisotopic (exact) mass is 399 g/mol. The Morgan fingerprint density at radius 1 is 1.35 bits per heavy atom. The molecule has 1 unspecified atom stereocenters. The second-order valence-electron chi connectivity index (χ2n) is 6.29. The highest BCUT2D eigenvalue weighted by molar-refractivity contribution is 7.17. The van der Waals surface area contributed by atoms with Crippen molar-refractivity contribution in [1.82, 2.24) is 9.97 Å². The van der Waals surface area contributed by atoms with Crippen molar-refractivity contribution in [2.75, 3.05) is 11.9 Å². The molecule has 2 heterocycles. The number of hydrogen-bond donors (Lipinski definition) is 2. The van der Waals surface area contributed by atoms with Crippen molar-refractivity contribution < 1.29 is 24.2 Å². The average Bonchev–Trinajstić information content (AvgIpc) is 3.11. The van der Waals surface area contributed by atoms with Crippen LogP contribution >= 0.6 is 22.7 Å². The summed E-state index contributed by atoms with van der Waals surface area (Å²) in [7, 11) is 0. The Hall–Kier alpha value is -2.04. The lowest BCUT2D eigenvalue weighted by molar-refractivity contribution is 0.0519. The van der Waals surface area contributed by atoms with Gasteiger partial charge in [-0.05, 0) is 34.6 Å². The zero-order valence-electron chi connectivity index (χ0n) is 15.2. The number of aliphatic hydroxyl groups is 1. The summed E-state index contributed by atoms with van der Waals surface area (Å²) in [6, 6.07) is 0. The number of nitrogens with one attached hydrogen (secondary N) is 1. The Morgan fingerprint density at radius 3 is 2.62 bits per heavy atom. The minimum absolute atomic E-state index is 0.0990. The van der Waals surface area contributed by atoms with E-state index in [1.807, 2.05) is 0 Å². The summed E-state index contributed by atoms with van der Waals surface area (Å²) < 4.78 is 10.2. The van der Waals surface area contributed by atoms with Crippen molar-refractivity contribution in [3.05, 3.63) is 16.1 Å². The van der Waals surface area contributed by atoms with Crippen molar-refractivity contribution in [1.29, 1.82) is 0 Å². The maximum absolute atomic E-state index is 12.1. The van der Waals surface area contributed by atoms with Crippen LogP contribution in [0.1, 0.15) is 56.2 Å². The number of rotatable bonds is 5. The topological polar surface area (TPSA) is 111 Å². The van der Waals surface area contributed by atoms with Crippen LogP contribution < -0.4 is 5.32 Å². The van der Waals surface area contributed by atoms with Crippen LogP contribution in [0.5, 0.6) is 0 Å². The number of hydrogen-bond acceptors (Lipinski definition) is 9. The zero-order chi connectivity index (χ0) is 19.5. The molecule has 142 valence electrons. The van der Waals surface area contributed by atoms with Crippen LogP contribution in [-0.2, 0) is 9.47 Å². The fraction of sp³-hybridized carbons (Fsp3) is 0.500. The van der Waals surface area contributed by atoms with Crippen LogP contribution in [0.3, 0.4) is 0 Å². The van der Waals surface area contributed by atoms with Gasteiger partial charge in [0.1, 0.15) is 16.7 Å². The average molecular weight is 399 g/mol. The van der Waals surface area contributed by atoms with Gasteiger partial charge in [-0.15, -0.1) is 22.7 Å². The number of nitrogens with zero attached hydrogens (tertiary/aromatic N) is 2. The molecule has 0 saturated heterocycles. The van der Waals surface area contributed by atoms with E-state index in [0.29, 0.717) is 20.7 Å². The molecule has 8 nitrogen and oxygen atoms in total. The van der Waals surface area contributed by atoms with Gasteiger partial charge in [-0.1, -0.05) is 0 Å². The molecule has 0 aromatic carbocycles. The van der Waals surface area contributed by atoms with Crippen molar-refractivity contribution in [2.45, 2.75) is 46.3 Å². The van der Waals surface area contributed by atoms with E-state index in [1.165, 1.54) is 11.3 Å². The van der Waals surface area contributed by atoms with Gasteiger partial charge in [0.2, 0.25) is 0 Å². The first-order valence-corrected chi connectivity index (χ1v) is 9.62. The molecule has 2 aromatic heterocycles. The van der Waals surface area contributed by atoms with Crippen LogP contribution in [0.2, 0.25) is 0 Å². The maximum atomic E-state index is 12.1. The van der Waals surface area contributed by atoms with E-state index >= 15 is 0 Å². The quantitative estimate of drug-likeness (QED) is 0.735. The molecule has 1 amide bonds. The summed E-state index contributed by atoms with van der Waals surface area (Å²) in [5.41, 5.74) is -0.0548. The second-order valence-corrected chi connectivity index (χ2v) is 8.18. The van der Waals surface area contributed by atoms with Gasteiger partial charge in [0.05, 0.1) is 17.2 Å². The van der Waals surface area contributed by atoms with Gasteiger partial charge in [0.25, 0.3) is 0 Å². The number of carbonyl (C=O) groups excluding carboxylic acids is 2. The number of aromatic nitrogens is 2. The molecule has 0 fully saturated rings. The Kier molecular flexibility index (Phi) is 6.32. The molecule has 26 heavy (non-hydrogen) atoms. The lowest BCUT2D eigenvalue weighted by Crippen LogP contribution is -2.27. The van der Waals surface area contributed by atoms with E-state index in [-0.39, 0.29) is 12.3 Å². The molecule has 10 heteroatoms. The minimum atomic E-state index is -0.820. The van der Waals surface area contributed by atoms with Gasteiger partial charge in [-0.3, -0.25) is 5.32 Å². The molecular weight excluding hydrogens is 378 g/mol. The molecule has 0 bridgehead atoms. The van der Waals surface area contributed by atoms with Gasteiger partial charge < -0.3 is 14.6 Å². The molecule has 0 aliphatic heterocycles. The van der Waals surface area contributed by atoms with E-state index in [4.69, 9.17) is 9.47 Å². The van der Waals surface area contributed by atoms with Gasteiger partial charge in [0, 0.05) is 5.38 Å². The number of esters is 1. The largest absolute Gasteiger partial charge is 0.461 e. The van der Waals surface area contributed by atoms with E-state index < -0.39 is 23.8 Å². The Balaban J connectivity index is 2.27. The van der Waals surface area contributed by atoms with Gasteiger partial charge in [0.15, 0.2) is 10.8 Å².